The van der Waals surface area contributed by atoms with E-state index in [9.17, 15) is 14.4 Å². The van der Waals surface area contributed by atoms with Crippen molar-refractivity contribution >= 4 is 41.6 Å². The molecule has 0 bridgehead atoms. The van der Waals surface area contributed by atoms with E-state index >= 15 is 0 Å². The van der Waals surface area contributed by atoms with Gasteiger partial charge in [0.15, 0.2) is 11.8 Å². The highest BCUT2D eigenvalue weighted by Crippen LogP contribution is 2.24. The van der Waals surface area contributed by atoms with E-state index in [0.29, 0.717) is 28.3 Å². The third kappa shape index (κ3) is 6.18. The van der Waals surface area contributed by atoms with Crippen LogP contribution in [0.5, 0.6) is 0 Å². The molecule has 0 unspecified atom stereocenters. The zero-order chi connectivity index (χ0) is 21.5. The number of amides is 2. The molecule has 3 rings (SSSR count). The van der Waals surface area contributed by atoms with Crippen LogP contribution < -0.4 is 28.8 Å². The van der Waals surface area contributed by atoms with Crippen molar-refractivity contribution in [3.05, 3.63) is 95.6 Å². The zero-order valence-electron chi connectivity index (χ0n) is 16.5. The predicted octanol–water partition coefficient (Wildman–Crippen LogP) is -0.347. The summed E-state index contributed by atoms with van der Waals surface area (Å²) in [5.41, 5.74) is 5.75. The third-order valence-electron chi connectivity index (χ3n) is 4.44. The van der Waals surface area contributed by atoms with Crippen LogP contribution in [0.2, 0.25) is 0 Å². The van der Waals surface area contributed by atoms with Crippen molar-refractivity contribution in [1.29, 1.82) is 0 Å². The largest absolute Gasteiger partial charge is 1.00 e. The number of carbonyl (C=O) groups excluding carboxylic acids is 3. The predicted molar refractivity (Wildman–Crippen MR) is 120 cm³/mol. The molecular formula is C23H22ClN3O3S. The second-order valence-electron chi connectivity index (χ2n) is 6.64. The monoisotopic (exact) mass is 455 g/mol. The van der Waals surface area contributed by atoms with Gasteiger partial charge in [0.2, 0.25) is 0 Å². The van der Waals surface area contributed by atoms with E-state index < -0.39 is 6.04 Å². The first-order chi connectivity index (χ1) is 14.5. The molecule has 0 aliphatic carbocycles. The van der Waals surface area contributed by atoms with Crippen molar-refractivity contribution in [3.63, 3.8) is 0 Å². The maximum atomic E-state index is 13.1. The van der Waals surface area contributed by atoms with Crippen LogP contribution in [0.25, 0.3) is 0 Å². The lowest BCUT2D eigenvalue weighted by atomic mass is 10.0. The molecule has 0 heterocycles. The summed E-state index contributed by atoms with van der Waals surface area (Å²) in [5, 5.41) is 5.53. The highest BCUT2D eigenvalue weighted by atomic mass is 35.5. The normalized spacial score (nSPS) is 11.0. The van der Waals surface area contributed by atoms with Gasteiger partial charge in [-0.05, 0) is 30.3 Å². The van der Waals surface area contributed by atoms with Gasteiger partial charge in [-0.2, -0.15) is 12.6 Å². The fourth-order valence-electron chi connectivity index (χ4n) is 2.78. The lowest BCUT2D eigenvalue weighted by Crippen LogP contribution is -3.00. The van der Waals surface area contributed by atoms with Gasteiger partial charge in [0, 0.05) is 22.4 Å². The van der Waals surface area contributed by atoms with Crippen LogP contribution in [0.3, 0.4) is 0 Å². The van der Waals surface area contributed by atoms with Gasteiger partial charge in [-0.15, -0.1) is 0 Å². The van der Waals surface area contributed by atoms with Crippen molar-refractivity contribution in [2.24, 2.45) is 0 Å². The molecular weight excluding hydrogens is 434 g/mol. The quantitative estimate of drug-likeness (QED) is 0.289. The zero-order valence-corrected chi connectivity index (χ0v) is 18.2. The SMILES string of the molecule is [Cl-].[NH3+][C@@H](CS)C(=O)Nc1ccc(NC(=O)c2ccccc2)c(C(=O)c2ccccc2)c1. The number of anilines is 2. The van der Waals surface area contributed by atoms with Gasteiger partial charge >= 0.3 is 0 Å². The van der Waals surface area contributed by atoms with Gasteiger partial charge in [-0.1, -0.05) is 48.5 Å². The molecule has 5 N–H and O–H groups in total. The summed E-state index contributed by atoms with van der Waals surface area (Å²) in [5.74, 6) is -0.602. The number of ketones is 1. The van der Waals surface area contributed by atoms with Crippen LogP contribution in [0.1, 0.15) is 26.3 Å². The summed E-state index contributed by atoms with van der Waals surface area (Å²) in [6, 6.07) is 21.7. The number of carbonyl (C=O) groups is 3. The van der Waals surface area contributed by atoms with Gasteiger partial charge in [-0.25, -0.2) is 0 Å². The van der Waals surface area contributed by atoms with Crippen molar-refractivity contribution < 1.29 is 32.5 Å². The lowest BCUT2D eigenvalue weighted by Gasteiger charge is -2.14. The molecule has 0 aliphatic heterocycles. The van der Waals surface area contributed by atoms with Crippen LogP contribution in [-0.2, 0) is 4.79 Å². The molecule has 0 spiro atoms. The molecule has 0 saturated heterocycles. The topological polar surface area (TPSA) is 103 Å². The minimum Gasteiger partial charge on any atom is -1.00 e. The number of hydrogen-bond acceptors (Lipinski definition) is 4. The summed E-state index contributed by atoms with van der Waals surface area (Å²) < 4.78 is 0. The Kier molecular flexibility index (Phi) is 8.81. The van der Waals surface area contributed by atoms with Crippen molar-refractivity contribution in [2.75, 3.05) is 16.4 Å². The molecule has 0 fully saturated rings. The molecule has 0 aromatic heterocycles. The first kappa shape index (κ1) is 24.1. The van der Waals surface area contributed by atoms with E-state index in [2.05, 4.69) is 29.0 Å². The number of quaternary nitrogens is 1. The summed E-state index contributed by atoms with van der Waals surface area (Å²) in [6.45, 7) is 0. The minimum absolute atomic E-state index is 0. The molecule has 31 heavy (non-hydrogen) atoms. The van der Waals surface area contributed by atoms with Crippen LogP contribution in [0.4, 0.5) is 11.4 Å². The first-order valence-corrected chi connectivity index (χ1v) is 9.98. The smallest absolute Gasteiger partial charge is 0.283 e. The average Bonchev–Trinajstić information content (AvgIpc) is 2.80. The van der Waals surface area contributed by atoms with E-state index in [1.54, 1.807) is 66.7 Å². The Morgan fingerprint density at radius 2 is 1.42 bits per heavy atom. The van der Waals surface area contributed by atoms with E-state index in [4.69, 9.17) is 0 Å². The Morgan fingerprint density at radius 1 is 0.839 bits per heavy atom. The number of nitrogens with one attached hydrogen (secondary N) is 2. The standard InChI is InChI=1S/C23H21N3O3S.ClH/c24-19(14-30)23(29)25-17-11-12-20(26-22(28)16-9-5-2-6-10-16)18(13-17)21(27)15-7-3-1-4-8-15;/h1-13,19,30H,14,24H2,(H,25,29)(H,26,28);1H/t19-;/m0./s1. The van der Waals surface area contributed by atoms with Crippen LogP contribution in [-0.4, -0.2) is 29.4 Å². The third-order valence-corrected chi connectivity index (χ3v) is 4.88. The second kappa shape index (κ2) is 11.3. The highest BCUT2D eigenvalue weighted by molar-refractivity contribution is 7.80. The van der Waals surface area contributed by atoms with Gasteiger partial charge in [-0.3, -0.25) is 14.4 Å². The van der Waals surface area contributed by atoms with E-state index in [1.807, 2.05) is 12.1 Å². The molecule has 3 aromatic carbocycles. The number of thiol groups is 1. The Morgan fingerprint density at radius 3 is 2.00 bits per heavy atom. The van der Waals surface area contributed by atoms with E-state index in [1.165, 1.54) is 0 Å². The summed E-state index contributed by atoms with van der Waals surface area (Å²) in [4.78, 5) is 37.9. The van der Waals surface area contributed by atoms with Crippen LogP contribution in [0, 0.1) is 0 Å². The number of hydrogen-bond donors (Lipinski definition) is 4. The molecule has 3 aromatic rings. The summed E-state index contributed by atoms with van der Waals surface area (Å²) >= 11 is 4.09. The summed E-state index contributed by atoms with van der Waals surface area (Å²) in [6.07, 6.45) is 0. The molecule has 1 atom stereocenters. The molecule has 0 aliphatic rings. The Hall–Kier alpha value is -3.13. The first-order valence-electron chi connectivity index (χ1n) is 9.34. The Balaban J connectivity index is 0.00000341. The number of rotatable bonds is 7. The van der Waals surface area contributed by atoms with Crippen molar-refractivity contribution in [1.82, 2.24) is 0 Å². The van der Waals surface area contributed by atoms with Crippen molar-refractivity contribution in [2.45, 2.75) is 6.04 Å². The Labute approximate surface area is 192 Å². The van der Waals surface area contributed by atoms with Gasteiger partial charge in [0.1, 0.15) is 0 Å². The molecule has 6 nitrogen and oxygen atoms in total. The van der Waals surface area contributed by atoms with Crippen LogP contribution in [0.15, 0.2) is 78.9 Å². The lowest BCUT2D eigenvalue weighted by molar-refractivity contribution is -0.395. The summed E-state index contributed by atoms with van der Waals surface area (Å²) in [7, 11) is 0. The molecule has 2 amide bonds. The molecule has 0 saturated carbocycles. The van der Waals surface area contributed by atoms with Gasteiger partial charge in [0.25, 0.3) is 11.8 Å². The van der Waals surface area contributed by atoms with Gasteiger partial charge < -0.3 is 28.8 Å². The number of benzene rings is 3. The fourth-order valence-corrected chi connectivity index (χ4v) is 2.94. The fraction of sp³-hybridized carbons (Fsp3) is 0.0870. The van der Waals surface area contributed by atoms with E-state index in [0.717, 1.165) is 0 Å². The highest BCUT2D eigenvalue weighted by Gasteiger charge is 2.19. The van der Waals surface area contributed by atoms with Crippen LogP contribution >= 0.6 is 12.6 Å². The molecule has 0 radical (unpaired) electrons. The Bertz CT molecular complexity index is 1060. The second-order valence-corrected chi connectivity index (χ2v) is 7.01. The minimum atomic E-state index is -0.529. The maximum absolute atomic E-state index is 13.1. The molecule has 160 valence electrons. The van der Waals surface area contributed by atoms with E-state index in [-0.39, 0.29) is 35.6 Å². The van der Waals surface area contributed by atoms with Crippen molar-refractivity contribution in [3.8, 4) is 0 Å². The molecule has 8 heteroatoms. The average molecular weight is 456 g/mol. The van der Waals surface area contributed by atoms with Gasteiger partial charge in [0.05, 0.1) is 11.4 Å². The maximum Gasteiger partial charge on any atom is 0.283 e. The number of halogens is 1.